The van der Waals surface area contributed by atoms with E-state index in [1.54, 1.807) is 17.6 Å². The summed E-state index contributed by atoms with van der Waals surface area (Å²) in [5.41, 5.74) is 2.51. The van der Waals surface area contributed by atoms with E-state index in [0.717, 1.165) is 9.77 Å². The molecule has 0 aliphatic carbocycles. The maximum Gasteiger partial charge on any atom is 0.250 e. The van der Waals surface area contributed by atoms with E-state index in [1.165, 1.54) is 11.8 Å². The summed E-state index contributed by atoms with van der Waals surface area (Å²) in [5.74, 6) is 0.267. The van der Waals surface area contributed by atoms with Crippen LogP contribution in [0, 0.1) is 0 Å². The van der Waals surface area contributed by atoms with Crippen molar-refractivity contribution in [3.8, 4) is 0 Å². The first kappa shape index (κ1) is 12.9. The van der Waals surface area contributed by atoms with E-state index in [2.05, 4.69) is 10.5 Å². The minimum absolute atomic E-state index is 0.100. The van der Waals surface area contributed by atoms with Crippen molar-refractivity contribution < 1.29 is 4.79 Å². The first-order chi connectivity index (χ1) is 8.84. The van der Waals surface area contributed by atoms with Crippen molar-refractivity contribution in [3.05, 3.63) is 52.7 Å². The molecule has 0 spiro atoms. The predicted octanol–water partition coefficient (Wildman–Crippen LogP) is 2.99. The fraction of sp³-hybridized carbons (Fsp3) is 0.0769. The Kier molecular flexibility index (Phi) is 4.99. The number of hydrogen-bond donors (Lipinski definition) is 1. The minimum atomic E-state index is -0.100. The lowest BCUT2D eigenvalue weighted by molar-refractivity contribution is -0.118. The zero-order valence-electron chi connectivity index (χ0n) is 9.58. The van der Waals surface area contributed by atoms with Gasteiger partial charge in [-0.1, -0.05) is 24.3 Å². The lowest BCUT2D eigenvalue weighted by Crippen LogP contribution is -2.19. The van der Waals surface area contributed by atoms with Gasteiger partial charge in [0, 0.05) is 9.77 Å². The molecular formula is C13H12N2OS2. The second-order valence-corrected chi connectivity index (χ2v) is 5.44. The maximum absolute atomic E-state index is 11.5. The number of thiophene rings is 1. The molecule has 0 saturated heterocycles. The van der Waals surface area contributed by atoms with Gasteiger partial charge in [0.1, 0.15) is 0 Å². The number of benzene rings is 1. The quantitative estimate of drug-likeness (QED) is 0.518. The van der Waals surface area contributed by atoms with Crippen molar-refractivity contribution in [3.63, 3.8) is 0 Å². The number of thioether (sulfide) groups is 1. The van der Waals surface area contributed by atoms with Crippen LogP contribution >= 0.6 is 23.1 Å². The molecule has 0 unspecified atom stereocenters. The molecule has 2 aromatic rings. The Balaban J connectivity index is 1.73. The topological polar surface area (TPSA) is 41.5 Å². The van der Waals surface area contributed by atoms with Gasteiger partial charge in [-0.25, -0.2) is 5.43 Å². The third kappa shape index (κ3) is 4.35. The van der Waals surface area contributed by atoms with Gasteiger partial charge in [-0.15, -0.1) is 23.1 Å². The molecule has 0 fully saturated rings. The average Bonchev–Trinajstić information content (AvgIpc) is 2.91. The van der Waals surface area contributed by atoms with Crippen LogP contribution in [0.3, 0.4) is 0 Å². The Morgan fingerprint density at radius 2 is 2.11 bits per heavy atom. The standard InChI is InChI=1S/C13H12N2OS2/c16-13(10-18-11-5-2-1-3-6-11)15-14-9-12-7-4-8-17-12/h1-9H,10H2,(H,15,16)/b14-9-. The van der Waals surface area contributed by atoms with E-state index >= 15 is 0 Å². The molecule has 0 aliphatic heterocycles. The average molecular weight is 276 g/mol. The van der Waals surface area contributed by atoms with Crippen molar-refractivity contribution >= 4 is 35.2 Å². The molecule has 0 aliphatic rings. The van der Waals surface area contributed by atoms with Gasteiger partial charge >= 0.3 is 0 Å². The molecule has 0 atom stereocenters. The van der Waals surface area contributed by atoms with Crippen molar-refractivity contribution in [2.45, 2.75) is 4.90 Å². The van der Waals surface area contributed by atoms with Gasteiger partial charge in [-0.3, -0.25) is 4.79 Å². The Morgan fingerprint density at radius 1 is 1.28 bits per heavy atom. The minimum Gasteiger partial charge on any atom is -0.272 e. The molecule has 3 nitrogen and oxygen atoms in total. The molecule has 92 valence electrons. The van der Waals surface area contributed by atoms with Crippen LogP contribution in [0.5, 0.6) is 0 Å². The van der Waals surface area contributed by atoms with Crippen LogP contribution in [-0.2, 0) is 4.79 Å². The Morgan fingerprint density at radius 3 is 2.83 bits per heavy atom. The highest BCUT2D eigenvalue weighted by Gasteiger charge is 2.00. The largest absolute Gasteiger partial charge is 0.272 e. The van der Waals surface area contributed by atoms with Crippen LogP contribution in [0.15, 0.2) is 57.8 Å². The number of hydrazone groups is 1. The van der Waals surface area contributed by atoms with Gasteiger partial charge in [0.25, 0.3) is 0 Å². The van der Waals surface area contributed by atoms with Crippen LogP contribution in [0.1, 0.15) is 4.88 Å². The van der Waals surface area contributed by atoms with Crippen LogP contribution in [0.4, 0.5) is 0 Å². The maximum atomic E-state index is 11.5. The molecule has 0 bridgehead atoms. The van der Waals surface area contributed by atoms with E-state index in [4.69, 9.17) is 0 Å². The second-order valence-electron chi connectivity index (χ2n) is 3.41. The van der Waals surface area contributed by atoms with Crippen molar-refractivity contribution in [1.29, 1.82) is 0 Å². The van der Waals surface area contributed by atoms with E-state index in [0.29, 0.717) is 5.75 Å². The molecule has 5 heteroatoms. The third-order valence-electron chi connectivity index (χ3n) is 2.04. The van der Waals surface area contributed by atoms with E-state index in [1.807, 2.05) is 47.8 Å². The SMILES string of the molecule is O=C(CSc1ccccc1)N/N=C\c1cccs1. The number of amides is 1. The number of carbonyl (C=O) groups excluding carboxylic acids is 1. The Hall–Kier alpha value is -1.59. The molecule has 2 rings (SSSR count). The van der Waals surface area contributed by atoms with Gasteiger partial charge in [-0.05, 0) is 23.6 Å². The summed E-state index contributed by atoms with van der Waals surface area (Å²) in [6.45, 7) is 0. The van der Waals surface area contributed by atoms with Gasteiger partial charge in [0.2, 0.25) is 5.91 Å². The van der Waals surface area contributed by atoms with Gasteiger partial charge in [0.05, 0.1) is 12.0 Å². The van der Waals surface area contributed by atoms with E-state index in [-0.39, 0.29) is 5.91 Å². The summed E-state index contributed by atoms with van der Waals surface area (Å²) >= 11 is 3.07. The highest BCUT2D eigenvalue weighted by Crippen LogP contribution is 2.16. The zero-order chi connectivity index (χ0) is 12.6. The molecule has 0 saturated carbocycles. The fourth-order valence-electron chi connectivity index (χ4n) is 1.23. The summed E-state index contributed by atoms with van der Waals surface area (Å²) in [4.78, 5) is 13.6. The summed E-state index contributed by atoms with van der Waals surface area (Å²) in [6.07, 6.45) is 1.65. The van der Waals surface area contributed by atoms with E-state index < -0.39 is 0 Å². The molecule has 1 N–H and O–H groups in total. The van der Waals surface area contributed by atoms with Gasteiger partial charge < -0.3 is 0 Å². The highest BCUT2D eigenvalue weighted by molar-refractivity contribution is 8.00. The number of carbonyl (C=O) groups is 1. The van der Waals surface area contributed by atoms with Crippen molar-refractivity contribution in [1.82, 2.24) is 5.43 Å². The van der Waals surface area contributed by atoms with Crippen LogP contribution < -0.4 is 5.43 Å². The number of nitrogens with zero attached hydrogens (tertiary/aromatic N) is 1. The summed E-state index contributed by atoms with van der Waals surface area (Å²) in [6, 6.07) is 13.7. The molecule has 1 amide bonds. The van der Waals surface area contributed by atoms with Crippen LogP contribution in [0.2, 0.25) is 0 Å². The van der Waals surface area contributed by atoms with Crippen LogP contribution in [0.25, 0.3) is 0 Å². The molecule has 1 aromatic carbocycles. The lowest BCUT2D eigenvalue weighted by atomic mass is 10.4. The molecule has 1 heterocycles. The highest BCUT2D eigenvalue weighted by atomic mass is 32.2. The lowest BCUT2D eigenvalue weighted by Gasteiger charge is -1.99. The fourth-order valence-corrected chi connectivity index (χ4v) is 2.53. The number of nitrogens with one attached hydrogen (secondary N) is 1. The third-order valence-corrected chi connectivity index (χ3v) is 3.86. The van der Waals surface area contributed by atoms with E-state index in [9.17, 15) is 4.79 Å². The summed E-state index contributed by atoms with van der Waals surface area (Å²) in [5, 5.41) is 5.87. The smallest absolute Gasteiger partial charge is 0.250 e. The monoisotopic (exact) mass is 276 g/mol. The molecule has 1 aromatic heterocycles. The number of hydrogen-bond acceptors (Lipinski definition) is 4. The number of rotatable bonds is 5. The van der Waals surface area contributed by atoms with Gasteiger partial charge in [-0.2, -0.15) is 5.10 Å². The predicted molar refractivity (Wildman–Crippen MR) is 77.2 cm³/mol. The second kappa shape index (κ2) is 6.98. The first-order valence-corrected chi connectivity index (χ1v) is 7.24. The first-order valence-electron chi connectivity index (χ1n) is 5.38. The molecular weight excluding hydrogens is 264 g/mol. The normalized spacial score (nSPS) is 10.7. The van der Waals surface area contributed by atoms with Crippen molar-refractivity contribution in [2.75, 3.05) is 5.75 Å². The molecule has 18 heavy (non-hydrogen) atoms. The van der Waals surface area contributed by atoms with Crippen molar-refractivity contribution in [2.24, 2.45) is 5.10 Å². The summed E-state index contributed by atoms with van der Waals surface area (Å²) < 4.78 is 0. The summed E-state index contributed by atoms with van der Waals surface area (Å²) in [7, 11) is 0. The molecule has 0 radical (unpaired) electrons. The zero-order valence-corrected chi connectivity index (χ0v) is 11.2. The Labute approximate surface area is 114 Å². The Bertz CT molecular complexity index is 509. The van der Waals surface area contributed by atoms with Gasteiger partial charge in [0.15, 0.2) is 0 Å². The van der Waals surface area contributed by atoms with Crippen LogP contribution in [-0.4, -0.2) is 17.9 Å².